The van der Waals surface area contributed by atoms with Gasteiger partial charge in [0.15, 0.2) is 0 Å². The quantitative estimate of drug-likeness (QED) is 0.534. The van der Waals surface area contributed by atoms with Crippen LogP contribution < -0.4 is 11.5 Å². The van der Waals surface area contributed by atoms with E-state index in [0.717, 1.165) is 6.07 Å². The number of benzene rings is 2. The highest BCUT2D eigenvalue weighted by Crippen LogP contribution is 2.52. The van der Waals surface area contributed by atoms with Gasteiger partial charge in [0.1, 0.15) is 0 Å². The predicted octanol–water partition coefficient (Wildman–Crippen LogP) is 4.45. The molecule has 2 aromatic rings. The van der Waals surface area contributed by atoms with Crippen LogP contribution in [0.1, 0.15) is 16.7 Å². The number of aryl methyl sites for hydroxylation is 2. The average Bonchev–Trinajstić information content (AvgIpc) is 2.45. The highest BCUT2D eigenvalue weighted by atomic mass is 19.4. The molecule has 0 saturated carbocycles. The average molecular weight is 378 g/mol. The van der Waals surface area contributed by atoms with E-state index in [9.17, 15) is 31.4 Å². The van der Waals surface area contributed by atoms with Gasteiger partial charge in [0.05, 0.1) is 0 Å². The molecule has 0 aliphatic rings. The summed E-state index contributed by atoms with van der Waals surface area (Å²) >= 11 is 0. The number of anilines is 2. The molecule has 0 fully saturated rings. The molecule has 3 nitrogen and oxygen atoms in total. The maximum absolute atomic E-state index is 13.2. The van der Waals surface area contributed by atoms with Crippen molar-refractivity contribution in [3.05, 3.63) is 47.0 Å². The van der Waals surface area contributed by atoms with Crippen LogP contribution in [0.5, 0.6) is 0 Å². The van der Waals surface area contributed by atoms with E-state index < -0.39 is 29.2 Å². The zero-order valence-corrected chi connectivity index (χ0v) is 13.8. The monoisotopic (exact) mass is 378 g/mol. The van der Waals surface area contributed by atoms with Crippen LogP contribution in [0.2, 0.25) is 0 Å². The highest BCUT2D eigenvalue weighted by Gasteiger charge is 2.72. The summed E-state index contributed by atoms with van der Waals surface area (Å²) < 4.78 is 79.1. The van der Waals surface area contributed by atoms with Gasteiger partial charge in [-0.3, -0.25) is 0 Å². The molecular weight excluding hydrogens is 362 g/mol. The summed E-state index contributed by atoms with van der Waals surface area (Å²) in [5, 5.41) is 9.66. The minimum absolute atomic E-state index is 0.0821. The zero-order valence-electron chi connectivity index (χ0n) is 13.8. The lowest BCUT2D eigenvalue weighted by molar-refractivity contribution is -0.376. The third-order valence-electron chi connectivity index (χ3n) is 4.15. The zero-order chi connectivity index (χ0) is 20.1. The van der Waals surface area contributed by atoms with Crippen molar-refractivity contribution in [3.63, 3.8) is 0 Å². The molecule has 5 N–H and O–H groups in total. The summed E-state index contributed by atoms with van der Waals surface area (Å²) in [6.07, 6.45) is -12.0. The van der Waals surface area contributed by atoms with Gasteiger partial charge in [-0.15, -0.1) is 0 Å². The second kappa shape index (κ2) is 6.08. The minimum atomic E-state index is -6.01. The second-order valence-electron chi connectivity index (χ2n) is 6.03. The predicted molar refractivity (Wildman–Crippen MR) is 86.2 cm³/mol. The summed E-state index contributed by atoms with van der Waals surface area (Å²) in [6.45, 7) is 3.10. The van der Waals surface area contributed by atoms with Crippen molar-refractivity contribution in [1.82, 2.24) is 0 Å². The van der Waals surface area contributed by atoms with Crippen molar-refractivity contribution in [2.24, 2.45) is 0 Å². The Morgan fingerprint density at radius 3 is 1.73 bits per heavy atom. The van der Waals surface area contributed by atoms with Crippen molar-refractivity contribution >= 4 is 11.4 Å². The molecule has 2 rings (SSSR count). The molecular formula is C17H16F6N2O. The van der Waals surface area contributed by atoms with E-state index in [1.807, 2.05) is 0 Å². The Morgan fingerprint density at radius 2 is 1.27 bits per heavy atom. The summed E-state index contributed by atoms with van der Waals surface area (Å²) in [5.74, 6) is 0. The number of rotatable bonds is 2. The van der Waals surface area contributed by atoms with E-state index in [1.54, 1.807) is 6.92 Å². The maximum atomic E-state index is 13.2. The normalized spacial score (nSPS) is 13.1. The van der Waals surface area contributed by atoms with Crippen LogP contribution in [0.4, 0.5) is 37.7 Å². The first-order chi connectivity index (χ1) is 11.7. The largest absolute Gasteiger partial charge is 0.430 e. The molecule has 0 aliphatic carbocycles. The highest BCUT2D eigenvalue weighted by molar-refractivity contribution is 5.76. The van der Waals surface area contributed by atoms with Crippen LogP contribution in [0.3, 0.4) is 0 Å². The number of nitrogens with two attached hydrogens (primary N) is 2. The molecule has 26 heavy (non-hydrogen) atoms. The smallest absolute Gasteiger partial charge is 0.399 e. The molecule has 0 saturated heterocycles. The Kier molecular flexibility index (Phi) is 4.65. The van der Waals surface area contributed by atoms with E-state index in [-0.39, 0.29) is 5.56 Å². The summed E-state index contributed by atoms with van der Waals surface area (Å²) in [6, 6.07) is 6.09. The van der Waals surface area contributed by atoms with Gasteiger partial charge in [0.25, 0.3) is 5.60 Å². The molecule has 0 aliphatic heterocycles. The Hall–Kier alpha value is -2.42. The van der Waals surface area contributed by atoms with Crippen molar-refractivity contribution in [2.75, 3.05) is 11.5 Å². The Labute approximate surface area is 145 Å². The molecule has 0 spiro atoms. The Morgan fingerprint density at radius 1 is 0.769 bits per heavy atom. The van der Waals surface area contributed by atoms with E-state index >= 15 is 0 Å². The lowest BCUT2D eigenvalue weighted by Gasteiger charge is -2.34. The second-order valence-corrected chi connectivity index (χ2v) is 6.03. The van der Waals surface area contributed by atoms with E-state index in [0.29, 0.717) is 28.4 Å². The fraction of sp³-hybridized carbons (Fsp3) is 0.294. The number of halogens is 6. The van der Waals surface area contributed by atoms with E-state index in [1.165, 1.54) is 25.1 Å². The molecule has 0 bridgehead atoms. The molecule has 0 unspecified atom stereocenters. The molecule has 0 aromatic heterocycles. The van der Waals surface area contributed by atoms with Crippen LogP contribution in [0.15, 0.2) is 30.3 Å². The van der Waals surface area contributed by atoms with Crippen molar-refractivity contribution < 1.29 is 31.4 Å². The van der Waals surface area contributed by atoms with Gasteiger partial charge in [0.2, 0.25) is 0 Å². The van der Waals surface area contributed by atoms with Gasteiger partial charge in [-0.05, 0) is 60.4 Å². The fourth-order valence-corrected chi connectivity index (χ4v) is 2.79. The first-order valence-corrected chi connectivity index (χ1v) is 7.33. The van der Waals surface area contributed by atoms with Gasteiger partial charge in [0, 0.05) is 16.9 Å². The number of hydrogen-bond acceptors (Lipinski definition) is 3. The number of nitrogen functional groups attached to an aromatic ring is 2. The Bertz CT molecular complexity index is 828. The van der Waals surface area contributed by atoms with Crippen molar-refractivity contribution in [1.29, 1.82) is 0 Å². The minimum Gasteiger partial charge on any atom is -0.399 e. The van der Waals surface area contributed by atoms with E-state index in [2.05, 4.69) is 0 Å². The van der Waals surface area contributed by atoms with Crippen molar-refractivity contribution in [2.45, 2.75) is 31.8 Å². The van der Waals surface area contributed by atoms with Crippen LogP contribution >= 0.6 is 0 Å². The molecule has 0 amide bonds. The van der Waals surface area contributed by atoms with Gasteiger partial charge >= 0.3 is 12.4 Å². The summed E-state index contributed by atoms with van der Waals surface area (Å²) in [4.78, 5) is 0. The summed E-state index contributed by atoms with van der Waals surface area (Å²) in [7, 11) is 0. The Balaban J connectivity index is 2.83. The molecule has 0 radical (unpaired) electrons. The van der Waals surface area contributed by atoms with Crippen LogP contribution in [-0.2, 0) is 5.60 Å². The van der Waals surface area contributed by atoms with Crippen LogP contribution in [0, 0.1) is 13.8 Å². The lowest BCUT2D eigenvalue weighted by atomic mass is 9.85. The van der Waals surface area contributed by atoms with Gasteiger partial charge in [-0.2, -0.15) is 26.3 Å². The SMILES string of the molecule is Cc1cc(N)ccc1-c1cc(C(O)(C(F)(F)F)C(F)(F)F)c(N)cc1C. The topological polar surface area (TPSA) is 72.3 Å². The molecule has 2 aromatic carbocycles. The molecule has 0 heterocycles. The van der Waals surface area contributed by atoms with Crippen LogP contribution in [0.25, 0.3) is 11.1 Å². The lowest BCUT2D eigenvalue weighted by Crippen LogP contribution is -2.54. The fourth-order valence-electron chi connectivity index (χ4n) is 2.79. The first-order valence-electron chi connectivity index (χ1n) is 7.33. The van der Waals surface area contributed by atoms with Crippen LogP contribution in [-0.4, -0.2) is 17.5 Å². The number of aliphatic hydroxyl groups is 1. The van der Waals surface area contributed by atoms with E-state index in [4.69, 9.17) is 11.5 Å². The molecule has 142 valence electrons. The van der Waals surface area contributed by atoms with Crippen molar-refractivity contribution in [3.8, 4) is 11.1 Å². The molecule has 0 atom stereocenters. The molecule has 9 heteroatoms. The number of hydrogen-bond donors (Lipinski definition) is 3. The summed E-state index contributed by atoms with van der Waals surface area (Å²) in [5.41, 5.74) is 5.44. The standard InChI is InChI=1S/C17H16F6N2O/c1-8-5-10(24)3-4-11(8)12-7-13(14(25)6-9(12)2)15(26,16(18,19)20)17(21,22)23/h3-7,26H,24-25H2,1-2H3. The number of alkyl halides is 6. The van der Waals surface area contributed by atoms with Gasteiger partial charge < -0.3 is 16.6 Å². The third-order valence-corrected chi connectivity index (χ3v) is 4.15. The first kappa shape index (κ1) is 19.9. The van der Waals surface area contributed by atoms with Gasteiger partial charge in [-0.25, -0.2) is 0 Å². The van der Waals surface area contributed by atoms with Gasteiger partial charge in [-0.1, -0.05) is 6.07 Å². The third kappa shape index (κ3) is 3.07. The maximum Gasteiger partial charge on any atom is 0.430 e.